The molecule has 118 valence electrons. The zero-order valence-corrected chi connectivity index (χ0v) is 14.4. The van der Waals surface area contributed by atoms with Crippen LogP contribution in [0.4, 0.5) is 0 Å². The van der Waals surface area contributed by atoms with Gasteiger partial charge in [-0.1, -0.05) is 0 Å². The Bertz CT molecular complexity index is 682. The lowest BCUT2D eigenvalue weighted by Gasteiger charge is -2.31. The van der Waals surface area contributed by atoms with Crippen molar-refractivity contribution in [1.29, 1.82) is 0 Å². The summed E-state index contributed by atoms with van der Waals surface area (Å²) in [7, 11) is 0. The van der Waals surface area contributed by atoms with E-state index in [1.807, 2.05) is 24.8 Å². The van der Waals surface area contributed by atoms with E-state index in [1.165, 1.54) is 9.88 Å². The number of carbonyl (C=O) groups excluding carboxylic acids is 1. The summed E-state index contributed by atoms with van der Waals surface area (Å²) in [5, 5.41) is 1.17. The van der Waals surface area contributed by atoms with Crippen LogP contribution in [0, 0.1) is 27.7 Å². The molecule has 1 atom stereocenters. The molecule has 1 aliphatic rings. The molecule has 5 heteroatoms. The van der Waals surface area contributed by atoms with Crippen molar-refractivity contribution in [3.05, 3.63) is 38.7 Å². The molecule has 0 bridgehead atoms. The van der Waals surface area contributed by atoms with Gasteiger partial charge in [0.25, 0.3) is 5.91 Å². The van der Waals surface area contributed by atoms with Gasteiger partial charge in [0.05, 0.1) is 16.3 Å². The summed E-state index contributed by atoms with van der Waals surface area (Å²) >= 11 is 1.77. The van der Waals surface area contributed by atoms with Gasteiger partial charge in [0.2, 0.25) is 0 Å². The van der Waals surface area contributed by atoms with Crippen LogP contribution in [0.2, 0.25) is 0 Å². The first kappa shape index (κ1) is 15.3. The van der Waals surface area contributed by atoms with Crippen molar-refractivity contribution in [2.75, 3.05) is 13.1 Å². The Kier molecular flexibility index (Phi) is 4.08. The van der Waals surface area contributed by atoms with Crippen molar-refractivity contribution in [1.82, 2.24) is 9.88 Å². The Morgan fingerprint density at radius 1 is 1.36 bits per heavy atom. The zero-order chi connectivity index (χ0) is 15.9. The first-order valence-electron chi connectivity index (χ1n) is 7.76. The second-order valence-electron chi connectivity index (χ2n) is 6.11. The highest BCUT2D eigenvalue weighted by Crippen LogP contribution is 2.32. The minimum atomic E-state index is 0.0871. The van der Waals surface area contributed by atoms with Crippen LogP contribution < -0.4 is 0 Å². The van der Waals surface area contributed by atoms with Crippen molar-refractivity contribution in [3.63, 3.8) is 0 Å². The number of likely N-dealkylation sites (tertiary alicyclic amines) is 1. The van der Waals surface area contributed by atoms with E-state index < -0.39 is 0 Å². The molecule has 0 spiro atoms. The molecule has 4 nitrogen and oxygen atoms in total. The van der Waals surface area contributed by atoms with Gasteiger partial charge in [-0.2, -0.15) is 0 Å². The predicted octanol–water partition coefficient (Wildman–Crippen LogP) is 3.99. The molecule has 0 saturated carbocycles. The molecule has 2 aromatic rings. The van der Waals surface area contributed by atoms with E-state index >= 15 is 0 Å². The number of nitrogens with zero attached hydrogens (tertiary/aromatic N) is 2. The van der Waals surface area contributed by atoms with Crippen LogP contribution in [-0.4, -0.2) is 28.9 Å². The number of furan rings is 1. The summed E-state index contributed by atoms with van der Waals surface area (Å²) in [5.74, 6) is 1.96. The molecular formula is C17H22N2O2S. The number of amides is 1. The summed E-state index contributed by atoms with van der Waals surface area (Å²) in [4.78, 5) is 20.6. The summed E-state index contributed by atoms with van der Waals surface area (Å²) in [5.41, 5.74) is 1.81. The Morgan fingerprint density at radius 3 is 2.73 bits per heavy atom. The number of rotatable bonds is 2. The maximum absolute atomic E-state index is 12.7. The lowest BCUT2D eigenvalue weighted by Crippen LogP contribution is -2.39. The number of hydrogen-bond acceptors (Lipinski definition) is 4. The third-order valence-corrected chi connectivity index (χ3v) is 5.61. The standard InChI is InChI=1S/C17H22N2O2S/c1-10-8-15(12(3)21-10)17(20)19-7-5-6-14(9-19)16-18-11(2)13(4)22-16/h8,14H,5-7,9H2,1-4H3/t14-/m0/s1. The second-order valence-corrected chi connectivity index (χ2v) is 7.35. The molecule has 1 amide bonds. The van der Waals surface area contributed by atoms with Crippen LogP contribution in [-0.2, 0) is 0 Å². The molecule has 3 rings (SSSR count). The van der Waals surface area contributed by atoms with Crippen molar-refractivity contribution < 1.29 is 9.21 Å². The summed E-state index contributed by atoms with van der Waals surface area (Å²) in [6.07, 6.45) is 2.14. The lowest BCUT2D eigenvalue weighted by atomic mass is 9.98. The maximum Gasteiger partial charge on any atom is 0.257 e. The number of aryl methyl sites for hydroxylation is 4. The monoisotopic (exact) mass is 318 g/mol. The third-order valence-electron chi connectivity index (χ3n) is 4.37. The summed E-state index contributed by atoms with van der Waals surface area (Å²) < 4.78 is 5.50. The van der Waals surface area contributed by atoms with Crippen LogP contribution in [0.1, 0.15) is 56.2 Å². The summed E-state index contributed by atoms with van der Waals surface area (Å²) in [6.45, 7) is 9.48. The normalized spacial score (nSPS) is 18.7. The molecule has 0 aliphatic carbocycles. The van der Waals surface area contributed by atoms with E-state index in [9.17, 15) is 4.79 Å². The lowest BCUT2D eigenvalue weighted by molar-refractivity contribution is 0.0705. The van der Waals surface area contributed by atoms with Crippen molar-refractivity contribution in [2.24, 2.45) is 0 Å². The first-order chi connectivity index (χ1) is 10.5. The maximum atomic E-state index is 12.7. The largest absolute Gasteiger partial charge is 0.466 e. The molecule has 0 N–H and O–H groups in total. The SMILES string of the molecule is Cc1cc(C(=O)N2CCC[C@H](c3nc(C)c(C)s3)C2)c(C)o1. The van der Waals surface area contributed by atoms with Crippen molar-refractivity contribution in [2.45, 2.75) is 46.5 Å². The average molecular weight is 318 g/mol. The molecule has 0 aromatic carbocycles. The number of hydrogen-bond donors (Lipinski definition) is 0. The van der Waals surface area contributed by atoms with E-state index in [4.69, 9.17) is 4.42 Å². The third kappa shape index (κ3) is 2.82. The molecule has 0 unspecified atom stereocenters. The molecule has 3 heterocycles. The van der Waals surface area contributed by atoms with Gasteiger partial charge in [-0.3, -0.25) is 4.79 Å². The Labute approximate surface area is 135 Å². The minimum absolute atomic E-state index is 0.0871. The van der Waals surface area contributed by atoms with Crippen LogP contribution in [0.25, 0.3) is 0 Å². The van der Waals surface area contributed by atoms with Crippen molar-refractivity contribution in [3.8, 4) is 0 Å². The first-order valence-corrected chi connectivity index (χ1v) is 8.57. The van der Waals surface area contributed by atoms with Gasteiger partial charge in [0.1, 0.15) is 11.5 Å². The van der Waals surface area contributed by atoms with Gasteiger partial charge in [-0.15, -0.1) is 11.3 Å². The predicted molar refractivity (Wildman–Crippen MR) is 87.6 cm³/mol. The molecular weight excluding hydrogens is 296 g/mol. The fourth-order valence-corrected chi connectivity index (χ4v) is 4.10. The number of thiazole rings is 1. The molecule has 1 aliphatic heterocycles. The van der Waals surface area contributed by atoms with Crippen LogP contribution in [0.3, 0.4) is 0 Å². The number of carbonyl (C=O) groups is 1. The molecule has 22 heavy (non-hydrogen) atoms. The van der Waals surface area contributed by atoms with E-state index in [-0.39, 0.29) is 5.91 Å². The van der Waals surface area contributed by atoms with E-state index in [0.717, 1.165) is 37.4 Å². The molecule has 1 fully saturated rings. The van der Waals surface area contributed by atoms with Crippen LogP contribution >= 0.6 is 11.3 Å². The summed E-state index contributed by atoms with van der Waals surface area (Å²) in [6, 6.07) is 1.85. The van der Waals surface area contributed by atoms with Gasteiger partial charge in [-0.25, -0.2) is 4.98 Å². The highest BCUT2D eigenvalue weighted by Gasteiger charge is 2.29. The second kappa shape index (κ2) is 5.88. The number of aromatic nitrogens is 1. The van der Waals surface area contributed by atoms with Crippen LogP contribution in [0.15, 0.2) is 10.5 Å². The molecule has 1 saturated heterocycles. The number of piperidine rings is 1. The van der Waals surface area contributed by atoms with Crippen molar-refractivity contribution >= 4 is 17.2 Å². The van der Waals surface area contributed by atoms with E-state index in [0.29, 0.717) is 17.2 Å². The minimum Gasteiger partial charge on any atom is -0.466 e. The Morgan fingerprint density at radius 2 is 2.14 bits per heavy atom. The van der Waals surface area contributed by atoms with E-state index in [2.05, 4.69) is 18.8 Å². The Hall–Kier alpha value is -1.62. The fraction of sp³-hybridized carbons (Fsp3) is 0.529. The average Bonchev–Trinajstić information content (AvgIpc) is 3.01. The zero-order valence-electron chi connectivity index (χ0n) is 13.6. The topological polar surface area (TPSA) is 46.3 Å². The van der Waals surface area contributed by atoms with E-state index in [1.54, 1.807) is 11.3 Å². The van der Waals surface area contributed by atoms with Gasteiger partial charge < -0.3 is 9.32 Å². The highest BCUT2D eigenvalue weighted by atomic mass is 32.1. The molecule has 2 aromatic heterocycles. The van der Waals surface area contributed by atoms with Gasteiger partial charge >= 0.3 is 0 Å². The quantitative estimate of drug-likeness (QED) is 0.841. The van der Waals surface area contributed by atoms with Gasteiger partial charge in [0, 0.05) is 23.9 Å². The van der Waals surface area contributed by atoms with Gasteiger partial charge in [-0.05, 0) is 46.6 Å². The molecule has 0 radical (unpaired) electrons. The Balaban J connectivity index is 1.78. The van der Waals surface area contributed by atoms with Crippen LogP contribution in [0.5, 0.6) is 0 Å². The fourth-order valence-electron chi connectivity index (χ4n) is 3.05. The smallest absolute Gasteiger partial charge is 0.257 e. The highest BCUT2D eigenvalue weighted by molar-refractivity contribution is 7.11. The van der Waals surface area contributed by atoms with Gasteiger partial charge in [0.15, 0.2) is 0 Å².